The lowest BCUT2D eigenvalue weighted by Gasteiger charge is -2.14. The van der Waals surface area contributed by atoms with Crippen molar-refractivity contribution in [1.29, 1.82) is 0 Å². The van der Waals surface area contributed by atoms with Crippen molar-refractivity contribution >= 4 is 6.72 Å². The molecule has 0 saturated carbocycles. The number of hydrogen-bond acceptors (Lipinski definition) is 2. The molecule has 0 fully saturated rings. The van der Waals surface area contributed by atoms with Gasteiger partial charge in [0, 0.05) is 25.2 Å². The summed E-state index contributed by atoms with van der Waals surface area (Å²) >= 11 is 0. The Morgan fingerprint density at radius 3 is 2.90 bits per heavy atom. The van der Waals surface area contributed by atoms with Gasteiger partial charge in [0.2, 0.25) is 0 Å². The monoisotopic (exact) mass is 136 g/mol. The fraction of sp³-hybridized carbons (Fsp3) is 0.375. The highest BCUT2D eigenvalue weighted by atomic mass is 14.9. The smallest absolute Gasteiger partial charge is 0.0453 e. The zero-order valence-corrected chi connectivity index (χ0v) is 6.06. The Labute approximate surface area is 61.4 Å². The Hall–Kier alpha value is -0.890. The van der Waals surface area contributed by atoms with Gasteiger partial charge >= 0.3 is 0 Å². The predicted octanol–water partition coefficient (Wildman–Crippen LogP) is 1.12. The highest BCUT2D eigenvalue weighted by Crippen LogP contribution is 2.13. The van der Waals surface area contributed by atoms with E-state index in [-0.39, 0.29) is 0 Å². The average Bonchev–Trinajstić information content (AvgIpc) is 2.04. The van der Waals surface area contributed by atoms with Gasteiger partial charge in [0.25, 0.3) is 0 Å². The highest BCUT2D eigenvalue weighted by molar-refractivity contribution is 5.35. The molecule has 2 nitrogen and oxygen atoms in total. The molecular formula is C8H12N2. The zero-order chi connectivity index (χ0) is 7.40. The molecule has 1 N–H and O–H groups in total. The molecule has 0 atom stereocenters. The second-order valence-corrected chi connectivity index (χ2v) is 2.26. The largest absolute Gasteiger partial charge is 0.312 e. The van der Waals surface area contributed by atoms with Crippen LogP contribution in [0.4, 0.5) is 0 Å². The zero-order valence-electron chi connectivity index (χ0n) is 6.06. The first-order valence-electron chi connectivity index (χ1n) is 3.40. The Kier molecular flexibility index (Phi) is 2.40. The van der Waals surface area contributed by atoms with Crippen LogP contribution < -0.4 is 5.32 Å². The van der Waals surface area contributed by atoms with Crippen LogP contribution in [0.1, 0.15) is 6.42 Å². The molecule has 0 aliphatic carbocycles. The van der Waals surface area contributed by atoms with E-state index in [9.17, 15) is 0 Å². The molecule has 0 amide bonds. The van der Waals surface area contributed by atoms with Crippen LogP contribution in [0.25, 0.3) is 0 Å². The molecule has 1 rings (SSSR count). The first kappa shape index (κ1) is 7.22. The summed E-state index contributed by atoms with van der Waals surface area (Å²) in [5.74, 6) is 0. The van der Waals surface area contributed by atoms with Gasteiger partial charge in [-0.05, 0) is 12.3 Å². The predicted molar refractivity (Wildman–Crippen MR) is 44.3 cm³/mol. The maximum absolute atomic E-state index is 3.92. The molecule has 1 aliphatic rings. The molecule has 0 saturated heterocycles. The van der Waals surface area contributed by atoms with Crippen molar-refractivity contribution in [2.24, 2.45) is 4.99 Å². The van der Waals surface area contributed by atoms with Crippen LogP contribution in [0, 0.1) is 0 Å². The van der Waals surface area contributed by atoms with Gasteiger partial charge in [-0.15, -0.1) is 0 Å². The fourth-order valence-corrected chi connectivity index (χ4v) is 1.06. The van der Waals surface area contributed by atoms with Crippen LogP contribution in [-0.2, 0) is 0 Å². The summed E-state index contributed by atoms with van der Waals surface area (Å²) < 4.78 is 0. The summed E-state index contributed by atoms with van der Waals surface area (Å²) in [6.45, 7) is 9.09. The molecule has 1 aliphatic heterocycles. The minimum absolute atomic E-state index is 0.887. The lowest BCUT2D eigenvalue weighted by molar-refractivity contribution is 0.682. The Bertz CT molecular complexity index is 160. The van der Waals surface area contributed by atoms with Gasteiger partial charge in [-0.2, -0.15) is 0 Å². The van der Waals surface area contributed by atoms with E-state index in [1.54, 1.807) is 0 Å². The Balaban J connectivity index is 2.81. The van der Waals surface area contributed by atoms with E-state index in [2.05, 4.69) is 23.6 Å². The lowest BCUT2D eigenvalue weighted by Crippen LogP contribution is -2.23. The second-order valence-electron chi connectivity index (χ2n) is 2.26. The Morgan fingerprint density at radius 2 is 2.40 bits per heavy atom. The van der Waals surface area contributed by atoms with Crippen molar-refractivity contribution in [3.8, 4) is 0 Å². The molecule has 0 unspecified atom stereocenters. The van der Waals surface area contributed by atoms with Crippen molar-refractivity contribution in [2.45, 2.75) is 6.42 Å². The number of rotatable bonds is 2. The van der Waals surface area contributed by atoms with E-state index in [0.29, 0.717) is 0 Å². The van der Waals surface area contributed by atoms with Gasteiger partial charge in [-0.3, -0.25) is 4.99 Å². The van der Waals surface area contributed by atoms with Crippen LogP contribution in [0.3, 0.4) is 0 Å². The van der Waals surface area contributed by atoms with Crippen LogP contribution in [-0.4, -0.2) is 19.8 Å². The van der Waals surface area contributed by atoms with Crippen molar-refractivity contribution in [3.63, 3.8) is 0 Å². The molecule has 0 radical (unpaired) electrons. The minimum atomic E-state index is 0.887. The van der Waals surface area contributed by atoms with Crippen LogP contribution >= 0.6 is 0 Å². The van der Waals surface area contributed by atoms with E-state index in [0.717, 1.165) is 25.2 Å². The maximum atomic E-state index is 3.92. The topological polar surface area (TPSA) is 24.4 Å². The van der Waals surface area contributed by atoms with E-state index in [1.165, 1.54) is 5.57 Å². The lowest BCUT2D eigenvalue weighted by atomic mass is 10.1. The normalized spacial score (nSPS) is 18.8. The number of hydrogen-bond donors (Lipinski definition) is 1. The number of nitrogens with one attached hydrogen (secondary N) is 1. The van der Waals surface area contributed by atoms with Crippen molar-refractivity contribution < 1.29 is 0 Å². The molecule has 0 spiro atoms. The molecule has 54 valence electrons. The Morgan fingerprint density at radius 1 is 1.60 bits per heavy atom. The van der Waals surface area contributed by atoms with Gasteiger partial charge in [-0.1, -0.05) is 12.7 Å². The van der Waals surface area contributed by atoms with Gasteiger partial charge in [0.15, 0.2) is 0 Å². The van der Waals surface area contributed by atoms with Gasteiger partial charge < -0.3 is 5.32 Å². The van der Waals surface area contributed by atoms with E-state index in [4.69, 9.17) is 0 Å². The van der Waals surface area contributed by atoms with Crippen LogP contribution in [0.5, 0.6) is 0 Å². The molecule has 10 heavy (non-hydrogen) atoms. The van der Waals surface area contributed by atoms with E-state index >= 15 is 0 Å². The highest BCUT2D eigenvalue weighted by Gasteiger charge is 2.06. The van der Waals surface area contributed by atoms with Gasteiger partial charge in [-0.25, -0.2) is 0 Å². The molecule has 0 bridgehead atoms. The molecule has 0 aromatic carbocycles. The third kappa shape index (κ3) is 1.33. The van der Waals surface area contributed by atoms with E-state index in [1.807, 2.05) is 6.08 Å². The van der Waals surface area contributed by atoms with Crippen molar-refractivity contribution in [3.05, 3.63) is 23.9 Å². The quantitative estimate of drug-likeness (QED) is 0.565. The van der Waals surface area contributed by atoms with Crippen molar-refractivity contribution in [1.82, 2.24) is 5.32 Å². The molecular weight excluding hydrogens is 124 g/mol. The SMILES string of the molecule is C=CC1=C(N=C)CCNC1. The van der Waals surface area contributed by atoms with Crippen molar-refractivity contribution in [2.75, 3.05) is 13.1 Å². The summed E-state index contributed by atoms with van der Waals surface area (Å²) in [6.07, 6.45) is 2.82. The number of nitrogens with zero attached hydrogens (tertiary/aromatic N) is 1. The minimum Gasteiger partial charge on any atom is -0.312 e. The summed E-state index contributed by atoms with van der Waals surface area (Å²) in [4.78, 5) is 3.92. The first-order chi connectivity index (χ1) is 4.88. The molecule has 0 aromatic rings. The maximum Gasteiger partial charge on any atom is 0.0453 e. The number of aliphatic imine (C=N–C) groups is 1. The third-order valence-electron chi connectivity index (χ3n) is 1.66. The fourth-order valence-electron chi connectivity index (χ4n) is 1.06. The van der Waals surface area contributed by atoms with Crippen LogP contribution in [0.15, 0.2) is 28.9 Å². The second kappa shape index (κ2) is 3.32. The standard InChI is InChI=1S/C8H12N2/c1-3-7-6-10-5-4-8(7)9-2/h3,10H,1-2,4-6H2. The van der Waals surface area contributed by atoms with Crippen LogP contribution in [0.2, 0.25) is 0 Å². The molecule has 1 heterocycles. The molecule has 2 heteroatoms. The average molecular weight is 136 g/mol. The summed E-state index contributed by atoms with van der Waals surface area (Å²) in [7, 11) is 0. The summed E-state index contributed by atoms with van der Waals surface area (Å²) in [5, 5.41) is 3.23. The van der Waals surface area contributed by atoms with Gasteiger partial charge in [0.05, 0.1) is 0 Å². The third-order valence-corrected chi connectivity index (χ3v) is 1.66. The van der Waals surface area contributed by atoms with E-state index < -0.39 is 0 Å². The molecule has 0 aromatic heterocycles. The summed E-state index contributed by atoms with van der Waals surface area (Å²) in [5.41, 5.74) is 2.27. The summed E-state index contributed by atoms with van der Waals surface area (Å²) in [6, 6.07) is 0. The first-order valence-corrected chi connectivity index (χ1v) is 3.40. The van der Waals surface area contributed by atoms with Gasteiger partial charge in [0.1, 0.15) is 0 Å².